The quantitative estimate of drug-likeness (QED) is 0.670. The fraction of sp³-hybridized carbons (Fsp3) is 0.650. The molecule has 138 valence electrons. The molecular weight excluding hydrogens is 320 g/mol. The minimum Gasteiger partial charge on any atom is -0.508 e. The van der Waals surface area contributed by atoms with Crippen LogP contribution < -0.4 is 0 Å². The van der Waals surface area contributed by atoms with Crippen molar-refractivity contribution in [3.8, 4) is 5.75 Å². The fourth-order valence-corrected chi connectivity index (χ4v) is 5.36. The first-order chi connectivity index (χ1) is 11.8. The highest BCUT2D eigenvalue weighted by atomic mass is 16.4. The molecule has 25 heavy (non-hydrogen) atoms. The largest absolute Gasteiger partial charge is 0.508 e. The van der Waals surface area contributed by atoms with Gasteiger partial charge in [0, 0.05) is 11.5 Å². The number of rotatable bonds is 4. The van der Waals surface area contributed by atoms with Crippen LogP contribution in [0, 0.1) is 11.3 Å². The van der Waals surface area contributed by atoms with Gasteiger partial charge in [0.15, 0.2) is 0 Å². The van der Waals surface area contributed by atoms with Crippen LogP contribution in [-0.2, 0) is 16.6 Å². The third kappa shape index (κ3) is 2.64. The molecule has 0 amide bonds. The normalized spacial score (nSPS) is 31.5. The Labute approximate surface area is 148 Å². The first-order valence-corrected chi connectivity index (χ1v) is 9.09. The van der Waals surface area contributed by atoms with Gasteiger partial charge in [-0.05, 0) is 61.1 Å². The number of phenols is 1. The van der Waals surface area contributed by atoms with Crippen molar-refractivity contribution >= 4 is 5.97 Å². The molecule has 0 spiro atoms. The van der Waals surface area contributed by atoms with Crippen molar-refractivity contribution in [2.45, 2.75) is 57.3 Å². The second kappa shape index (κ2) is 6.29. The second-order valence-electron chi connectivity index (χ2n) is 8.22. The number of aryl methyl sites for hydroxylation is 1. The van der Waals surface area contributed by atoms with Crippen LogP contribution in [-0.4, -0.2) is 39.6 Å². The predicted octanol–water partition coefficient (Wildman–Crippen LogP) is 2.56. The number of aliphatic carboxylic acids is 1. The molecule has 1 saturated carbocycles. The van der Waals surface area contributed by atoms with E-state index in [1.807, 2.05) is 13.0 Å². The molecule has 3 atom stereocenters. The Morgan fingerprint density at radius 2 is 1.92 bits per heavy atom. The van der Waals surface area contributed by atoms with Crippen LogP contribution in [0.3, 0.4) is 0 Å². The van der Waals surface area contributed by atoms with Gasteiger partial charge in [-0.3, -0.25) is 4.79 Å². The molecule has 5 heteroatoms. The molecule has 0 radical (unpaired) electrons. The molecular formula is C20H28O5. The Bertz CT molecular complexity index is 681. The van der Waals surface area contributed by atoms with E-state index in [9.17, 15) is 25.2 Å². The van der Waals surface area contributed by atoms with Crippen molar-refractivity contribution in [2.75, 3.05) is 13.2 Å². The highest BCUT2D eigenvalue weighted by Crippen LogP contribution is 2.58. The molecule has 3 rings (SSSR count). The number of aromatic hydroxyl groups is 1. The van der Waals surface area contributed by atoms with E-state index in [2.05, 4.69) is 6.92 Å². The minimum absolute atomic E-state index is 0.0375. The molecule has 2 aliphatic carbocycles. The molecule has 0 heterocycles. The maximum Gasteiger partial charge on any atom is 0.309 e. The summed E-state index contributed by atoms with van der Waals surface area (Å²) in [6.07, 6.45) is 4.03. The monoisotopic (exact) mass is 348 g/mol. The number of aliphatic hydroxyl groups excluding tert-OH is 2. The summed E-state index contributed by atoms with van der Waals surface area (Å²) in [7, 11) is 0. The van der Waals surface area contributed by atoms with E-state index >= 15 is 0 Å². The molecule has 0 unspecified atom stereocenters. The lowest BCUT2D eigenvalue weighted by atomic mass is 9.49. The van der Waals surface area contributed by atoms with E-state index < -0.39 is 17.3 Å². The van der Waals surface area contributed by atoms with Gasteiger partial charge in [0.05, 0.1) is 18.6 Å². The van der Waals surface area contributed by atoms with Crippen LogP contribution in [0.15, 0.2) is 12.1 Å². The van der Waals surface area contributed by atoms with Crippen molar-refractivity contribution in [1.29, 1.82) is 0 Å². The van der Waals surface area contributed by atoms with E-state index in [1.165, 1.54) is 0 Å². The second-order valence-corrected chi connectivity index (χ2v) is 8.22. The molecule has 0 aliphatic heterocycles. The van der Waals surface area contributed by atoms with E-state index in [-0.39, 0.29) is 30.3 Å². The minimum atomic E-state index is -0.738. The zero-order valence-electron chi connectivity index (χ0n) is 15.0. The standard InChI is InChI=1S/C20H28O5/c1-19-6-3-7-20(2,18(24)25)17(19)5-4-12-8-14(13(10-21)11-22)16(23)9-15(12)19/h8-9,13,17,21-23H,3-7,10-11H2,1-2H3,(H,24,25)/t17-,19+,20+/m0/s1. The SMILES string of the molecule is C[C@@]1(C(=O)O)CCC[C@]2(C)c3cc(O)c(C(CO)CO)cc3CC[C@H]12. The van der Waals surface area contributed by atoms with Gasteiger partial charge < -0.3 is 20.4 Å². The molecule has 1 aromatic rings. The van der Waals surface area contributed by atoms with Crippen LogP contribution in [0.1, 0.15) is 62.1 Å². The van der Waals surface area contributed by atoms with Gasteiger partial charge >= 0.3 is 5.97 Å². The van der Waals surface area contributed by atoms with E-state index in [0.717, 1.165) is 36.8 Å². The van der Waals surface area contributed by atoms with Crippen LogP contribution in [0.4, 0.5) is 0 Å². The third-order valence-corrected chi connectivity index (χ3v) is 6.87. The average molecular weight is 348 g/mol. The lowest BCUT2D eigenvalue weighted by molar-refractivity contribution is -0.157. The summed E-state index contributed by atoms with van der Waals surface area (Å²) in [6.45, 7) is 3.55. The zero-order chi connectivity index (χ0) is 18.4. The summed E-state index contributed by atoms with van der Waals surface area (Å²) >= 11 is 0. The van der Waals surface area contributed by atoms with Crippen molar-refractivity contribution < 1.29 is 25.2 Å². The summed E-state index contributed by atoms with van der Waals surface area (Å²) in [5.74, 6) is -1.10. The maximum atomic E-state index is 12.0. The Morgan fingerprint density at radius 1 is 1.24 bits per heavy atom. The van der Waals surface area contributed by atoms with Crippen LogP contribution in [0.25, 0.3) is 0 Å². The number of carboxylic acid groups (broad SMARTS) is 1. The summed E-state index contributed by atoms with van der Waals surface area (Å²) in [6, 6.07) is 3.65. The molecule has 0 saturated heterocycles. The van der Waals surface area contributed by atoms with Crippen LogP contribution >= 0.6 is 0 Å². The van der Waals surface area contributed by atoms with Gasteiger partial charge in [0.1, 0.15) is 5.75 Å². The number of carboxylic acids is 1. The van der Waals surface area contributed by atoms with Crippen molar-refractivity contribution in [3.05, 3.63) is 28.8 Å². The Morgan fingerprint density at radius 3 is 2.52 bits per heavy atom. The number of aliphatic hydroxyl groups is 2. The zero-order valence-corrected chi connectivity index (χ0v) is 15.0. The number of benzene rings is 1. The molecule has 5 nitrogen and oxygen atoms in total. The van der Waals surface area contributed by atoms with Gasteiger partial charge in [0.2, 0.25) is 0 Å². The van der Waals surface area contributed by atoms with Crippen molar-refractivity contribution in [2.24, 2.45) is 11.3 Å². The third-order valence-electron chi connectivity index (χ3n) is 6.87. The highest BCUT2D eigenvalue weighted by Gasteiger charge is 2.55. The predicted molar refractivity (Wildman–Crippen MR) is 93.8 cm³/mol. The lowest BCUT2D eigenvalue weighted by Gasteiger charge is -2.53. The van der Waals surface area contributed by atoms with E-state index in [4.69, 9.17) is 0 Å². The first kappa shape index (κ1) is 18.2. The summed E-state index contributed by atoms with van der Waals surface area (Å²) in [5.41, 5.74) is 1.70. The first-order valence-electron chi connectivity index (χ1n) is 9.09. The molecule has 4 N–H and O–H groups in total. The topological polar surface area (TPSA) is 98.0 Å². The Balaban J connectivity index is 2.09. The fourth-order valence-electron chi connectivity index (χ4n) is 5.36. The van der Waals surface area contributed by atoms with Crippen LogP contribution in [0.5, 0.6) is 5.75 Å². The molecule has 2 aliphatic rings. The molecule has 0 aromatic heterocycles. The number of phenolic OH excluding ortho intramolecular Hbond substituents is 1. The smallest absolute Gasteiger partial charge is 0.309 e. The highest BCUT2D eigenvalue weighted by molar-refractivity contribution is 5.75. The van der Waals surface area contributed by atoms with Gasteiger partial charge in [-0.2, -0.15) is 0 Å². The summed E-state index contributed by atoms with van der Waals surface area (Å²) in [4.78, 5) is 12.0. The van der Waals surface area contributed by atoms with Crippen molar-refractivity contribution in [3.63, 3.8) is 0 Å². The Kier molecular flexibility index (Phi) is 4.58. The summed E-state index contributed by atoms with van der Waals surface area (Å²) in [5, 5.41) is 39.2. The Hall–Kier alpha value is -1.59. The van der Waals surface area contributed by atoms with Gasteiger partial charge in [-0.15, -0.1) is 0 Å². The number of fused-ring (bicyclic) bond motifs is 3. The van der Waals surface area contributed by atoms with Gasteiger partial charge in [-0.25, -0.2) is 0 Å². The number of carbonyl (C=O) groups is 1. The van der Waals surface area contributed by atoms with E-state index in [1.54, 1.807) is 6.07 Å². The van der Waals surface area contributed by atoms with Gasteiger partial charge in [-0.1, -0.05) is 19.4 Å². The molecule has 0 bridgehead atoms. The maximum absolute atomic E-state index is 12.0. The van der Waals surface area contributed by atoms with E-state index in [0.29, 0.717) is 12.0 Å². The van der Waals surface area contributed by atoms with Crippen LogP contribution in [0.2, 0.25) is 0 Å². The number of hydrogen-bond donors (Lipinski definition) is 4. The average Bonchev–Trinajstić information content (AvgIpc) is 2.56. The number of hydrogen-bond acceptors (Lipinski definition) is 4. The van der Waals surface area contributed by atoms with Gasteiger partial charge in [0.25, 0.3) is 0 Å². The summed E-state index contributed by atoms with van der Waals surface area (Å²) < 4.78 is 0. The van der Waals surface area contributed by atoms with Crippen molar-refractivity contribution in [1.82, 2.24) is 0 Å². The molecule has 1 fully saturated rings. The lowest BCUT2D eigenvalue weighted by Crippen LogP contribution is -2.52. The molecule has 1 aromatic carbocycles.